The Labute approximate surface area is 190 Å². The molecule has 1 aliphatic heterocycles. The lowest BCUT2D eigenvalue weighted by atomic mass is 9.98. The van der Waals surface area contributed by atoms with E-state index in [4.69, 9.17) is 9.47 Å². The Morgan fingerprint density at radius 1 is 0.818 bits per heavy atom. The van der Waals surface area contributed by atoms with Crippen LogP contribution < -0.4 is 0 Å². The smallest absolute Gasteiger partial charge is 0.183 e. The van der Waals surface area contributed by atoms with Crippen molar-refractivity contribution in [2.45, 2.75) is 25.8 Å². The summed E-state index contributed by atoms with van der Waals surface area (Å²) in [6.07, 6.45) is 3.36. The molecule has 0 saturated carbocycles. The molecule has 0 spiro atoms. The van der Waals surface area contributed by atoms with Gasteiger partial charge in [0, 0.05) is 17.0 Å². The van der Waals surface area contributed by atoms with Gasteiger partial charge in [-0.05, 0) is 47.7 Å². The van der Waals surface area contributed by atoms with Crippen molar-refractivity contribution in [3.8, 4) is 22.3 Å². The lowest BCUT2D eigenvalue weighted by Crippen LogP contribution is -2.26. The molecule has 1 aliphatic rings. The van der Waals surface area contributed by atoms with Gasteiger partial charge in [0.1, 0.15) is 24.1 Å². The maximum Gasteiger partial charge on any atom is 0.183 e. The number of benzene rings is 3. The monoisotopic (exact) mass is 456 g/mol. The zero-order chi connectivity index (χ0) is 23.4. The van der Waals surface area contributed by atoms with E-state index in [1.165, 1.54) is 12.1 Å². The van der Waals surface area contributed by atoms with Crippen molar-refractivity contribution >= 4 is 0 Å². The molecule has 0 bridgehead atoms. The highest BCUT2D eigenvalue weighted by Gasteiger charge is 2.23. The molecule has 1 fully saturated rings. The van der Waals surface area contributed by atoms with Crippen LogP contribution in [0.1, 0.15) is 30.3 Å². The van der Waals surface area contributed by atoms with Crippen LogP contribution in [0, 0.1) is 23.4 Å². The first-order chi connectivity index (χ1) is 16.0. The predicted octanol–water partition coefficient (Wildman–Crippen LogP) is 7.54. The molecule has 0 aromatic heterocycles. The van der Waals surface area contributed by atoms with Gasteiger partial charge in [0.15, 0.2) is 6.29 Å². The van der Waals surface area contributed by atoms with Crippen LogP contribution in [0.5, 0.6) is 0 Å². The van der Waals surface area contributed by atoms with E-state index in [0.29, 0.717) is 24.7 Å². The van der Waals surface area contributed by atoms with Crippen molar-refractivity contribution in [1.29, 1.82) is 0 Å². The van der Waals surface area contributed by atoms with Crippen LogP contribution in [-0.4, -0.2) is 13.2 Å². The Kier molecular flexibility index (Phi) is 7.26. The molecule has 0 unspecified atom stereocenters. The van der Waals surface area contributed by atoms with Gasteiger partial charge < -0.3 is 9.47 Å². The molecule has 172 valence electrons. The first kappa shape index (κ1) is 23.2. The van der Waals surface area contributed by atoms with E-state index in [1.807, 2.05) is 30.3 Å². The quantitative estimate of drug-likeness (QED) is 0.270. The zero-order valence-corrected chi connectivity index (χ0v) is 18.0. The summed E-state index contributed by atoms with van der Waals surface area (Å²) in [5, 5.41) is 0. The number of halogens is 4. The van der Waals surface area contributed by atoms with Crippen LogP contribution in [0.25, 0.3) is 22.3 Å². The molecule has 0 radical (unpaired) electrons. The fourth-order valence-electron chi connectivity index (χ4n) is 3.90. The first-order valence-electron chi connectivity index (χ1n) is 10.8. The van der Waals surface area contributed by atoms with Gasteiger partial charge in [0.05, 0.1) is 18.8 Å². The molecule has 0 aliphatic carbocycles. The summed E-state index contributed by atoms with van der Waals surface area (Å²) in [6, 6.07) is 13.7. The summed E-state index contributed by atoms with van der Waals surface area (Å²) in [4.78, 5) is 0. The second kappa shape index (κ2) is 10.3. The van der Waals surface area contributed by atoms with E-state index >= 15 is 0 Å². The summed E-state index contributed by atoms with van der Waals surface area (Å²) in [7, 11) is 0. The van der Waals surface area contributed by atoms with Crippen LogP contribution in [0.15, 0.2) is 67.3 Å². The van der Waals surface area contributed by atoms with E-state index in [0.717, 1.165) is 36.1 Å². The van der Waals surface area contributed by atoms with E-state index < -0.39 is 36.0 Å². The maximum absolute atomic E-state index is 14.8. The predicted molar refractivity (Wildman–Crippen MR) is 120 cm³/mol. The summed E-state index contributed by atoms with van der Waals surface area (Å²) in [5.41, 5.74) is 1.65. The Morgan fingerprint density at radius 2 is 1.42 bits per heavy atom. The first-order valence-corrected chi connectivity index (χ1v) is 10.8. The van der Waals surface area contributed by atoms with Crippen molar-refractivity contribution in [2.24, 2.45) is 5.92 Å². The molecule has 0 N–H and O–H groups in total. The lowest BCUT2D eigenvalue weighted by molar-refractivity contribution is -0.205. The minimum Gasteiger partial charge on any atom is -0.348 e. The fourth-order valence-corrected chi connectivity index (χ4v) is 3.90. The second-order valence-corrected chi connectivity index (χ2v) is 8.10. The highest BCUT2D eigenvalue weighted by Crippen LogP contribution is 2.32. The molecule has 6 heteroatoms. The standard InChI is InChI=1S/C27H24F4O2/c1-2-3-4-17-15-32-27(33-16-17)19-7-5-18(6-8-19)20-9-10-22(24(29)11-20)21-12-25(30)23(14-28)26(31)13-21/h2,5-13,17,27H,1,3-4,14-16H2. The molecule has 1 saturated heterocycles. The minimum atomic E-state index is -1.26. The van der Waals surface area contributed by atoms with Gasteiger partial charge in [0.25, 0.3) is 0 Å². The molecular formula is C27H24F4O2. The molecule has 33 heavy (non-hydrogen) atoms. The maximum atomic E-state index is 14.8. The van der Waals surface area contributed by atoms with Crippen LogP contribution in [0.4, 0.5) is 17.6 Å². The van der Waals surface area contributed by atoms with E-state index in [1.54, 1.807) is 6.07 Å². The largest absolute Gasteiger partial charge is 0.348 e. The lowest BCUT2D eigenvalue weighted by Gasteiger charge is -2.29. The van der Waals surface area contributed by atoms with Gasteiger partial charge in [-0.2, -0.15) is 0 Å². The molecule has 1 heterocycles. The van der Waals surface area contributed by atoms with Gasteiger partial charge >= 0.3 is 0 Å². The number of allylic oxidation sites excluding steroid dienone is 1. The second-order valence-electron chi connectivity index (χ2n) is 8.10. The van der Waals surface area contributed by atoms with E-state index in [2.05, 4.69) is 6.58 Å². The minimum absolute atomic E-state index is 0.0135. The average Bonchev–Trinajstić information content (AvgIpc) is 2.83. The van der Waals surface area contributed by atoms with Crippen molar-refractivity contribution in [1.82, 2.24) is 0 Å². The number of hydrogen-bond donors (Lipinski definition) is 0. The summed E-state index contributed by atoms with van der Waals surface area (Å²) in [6.45, 7) is 3.72. The van der Waals surface area contributed by atoms with Crippen molar-refractivity contribution in [2.75, 3.05) is 13.2 Å². The third kappa shape index (κ3) is 5.18. The molecule has 0 atom stereocenters. The molecule has 4 rings (SSSR count). The van der Waals surface area contributed by atoms with Crippen LogP contribution in [0.3, 0.4) is 0 Å². The van der Waals surface area contributed by atoms with Gasteiger partial charge in [-0.3, -0.25) is 0 Å². The highest BCUT2D eigenvalue weighted by molar-refractivity contribution is 5.71. The third-order valence-corrected chi connectivity index (χ3v) is 5.82. The van der Waals surface area contributed by atoms with Crippen molar-refractivity contribution in [3.05, 3.63) is 95.8 Å². The van der Waals surface area contributed by atoms with Gasteiger partial charge in [-0.25, -0.2) is 17.6 Å². The van der Waals surface area contributed by atoms with Crippen LogP contribution in [0.2, 0.25) is 0 Å². The third-order valence-electron chi connectivity index (χ3n) is 5.82. The number of ether oxygens (including phenoxy) is 2. The average molecular weight is 456 g/mol. The Morgan fingerprint density at radius 3 is 2.00 bits per heavy atom. The number of rotatable bonds is 7. The van der Waals surface area contributed by atoms with Crippen molar-refractivity contribution in [3.63, 3.8) is 0 Å². The molecule has 0 amide bonds. The van der Waals surface area contributed by atoms with E-state index in [-0.39, 0.29) is 11.1 Å². The zero-order valence-electron chi connectivity index (χ0n) is 18.0. The number of alkyl halides is 1. The molecule has 2 nitrogen and oxygen atoms in total. The Bertz CT molecular complexity index is 1100. The van der Waals surface area contributed by atoms with Crippen molar-refractivity contribution < 1.29 is 27.0 Å². The number of hydrogen-bond acceptors (Lipinski definition) is 2. The normalized spacial score (nSPS) is 18.3. The summed E-state index contributed by atoms with van der Waals surface area (Å²) >= 11 is 0. The Hall–Kier alpha value is -2.96. The van der Waals surface area contributed by atoms with E-state index in [9.17, 15) is 17.6 Å². The van der Waals surface area contributed by atoms with Gasteiger partial charge in [0.2, 0.25) is 0 Å². The molecule has 3 aromatic rings. The van der Waals surface area contributed by atoms with Gasteiger partial charge in [-0.15, -0.1) is 6.58 Å². The fraction of sp³-hybridized carbons (Fsp3) is 0.259. The summed E-state index contributed by atoms with van der Waals surface area (Å²) < 4.78 is 67.0. The molecule has 3 aromatic carbocycles. The van der Waals surface area contributed by atoms with Crippen LogP contribution >= 0.6 is 0 Å². The summed E-state index contributed by atoms with van der Waals surface area (Å²) in [5.74, 6) is -2.35. The SMILES string of the molecule is C=CCCC1COC(c2ccc(-c3ccc(-c4cc(F)c(CF)c(F)c4)c(F)c3)cc2)OC1. The molecular weight excluding hydrogens is 432 g/mol. The topological polar surface area (TPSA) is 18.5 Å². The highest BCUT2D eigenvalue weighted by atomic mass is 19.1. The van der Waals surface area contributed by atoms with Gasteiger partial charge in [-0.1, -0.05) is 42.5 Å². The van der Waals surface area contributed by atoms with Crippen LogP contribution in [-0.2, 0) is 16.1 Å². The Balaban J connectivity index is 1.48.